The van der Waals surface area contributed by atoms with E-state index >= 15 is 0 Å². The van der Waals surface area contributed by atoms with E-state index in [1.807, 2.05) is 6.07 Å². The maximum atomic E-state index is 12.0. The van der Waals surface area contributed by atoms with E-state index in [0.717, 1.165) is 25.0 Å². The maximum absolute atomic E-state index is 12.0. The zero-order valence-electron chi connectivity index (χ0n) is 21.7. The van der Waals surface area contributed by atoms with E-state index in [1.54, 1.807) is 7.11 Å². The van der Waals surface area contributed by atoms with Crippen LogP contribution in [-0.4, -0.2) is 82.3 Å². The molecular formula is C24H40N4O7S. The molecule has 0 aliphatic heterocycles. The zero-order chi connectivity index (χ0) is 27.1. The Morgan fingerprint density at radius 1 is 0.889 bits per heavy atom. The standard InChI is InChI=1S/C24H40N4O7S/c1-23(20-25,10-8-21(29)35-18-17-33-16-15-32-14-13-31-4)27-28-24(2,26-3)11-9-22(30)34-12-6-5-7-19-36/h36H,5-19H2,1-2,4H3. The van der Waals surface area contributed by atoms with Crippen LogP contribution in [-0.2, 0) is 33.3 Å². The van der Waals surface area contributed by atoms with Crippen LogP contribution in [0.5, 0.6) is 0 Å². The molecule has 0 aliphatic carbocycles. The van der Waals surface area contributed by atoms with Gasteiger partial charge in [-0.3, -0.25) is 14.4 Å². The highest BCUT2D eigenvalue weighted by Crippen LogP contribution is 2.25. The molecule has 204 valence electrons. The fourth-order valence-electron chi connectivity index (χ4n) is 2.56. The molecule has 0 spiro atoms. The summed E-state index contributed by atoms with van der Waals surface area (Å²) >= 11 is 4.13. The first-order chi connectivity index (χ1) is 17.2. The van der Waals surface area contributed by atoms with Crippen LogP contribution in [0.1, 0.15) is 58.8 Å². The van der Waals surface area contributed by atoms with E-state index in [4.69, 9.17) is 30.3 Å². The van der Waals surface area contributed by atoms with E-state index in [9.17, 15) is 14.9 Å². The lowest BCUT2D eigenvalue weighted by atomic mass is 9.99. The molecule has 11 nitrogen and oxygen atoms in total. The highest BCUT2D eigenvalue weighted by atomic mass is 32.1. The molecule has 0 fully saturated rings. The van der Waals surface area contributed by atoms with Crippen molar-refractivity contribution in [3.8, 4) is 6.07 Å². The Kier molecular flexibility index (Phi) is 19.6. The summed E-state index contributed by atoms with van der Waals surface area (Å²) in [5.74, 6) is -0.0944. The summed E-state index contributed by atoms with van der Waals surface area (Å²) < 4.78 is 25.7. The van der Waals surface area contributed by atoms with Crippen molar-refractivity contribution in [2.75, 3.05) is 59.1 Å². The van der Waals surface area contributed by atoms with Gasteiger partial charge in [-0.25, -0.2) is 6.57 Å². The molecule has 0 rings (SSSR count). The topological polar surface area (TPSA) is 133 Å². The Labute approximate surface area is 220 Å². The van der Waals surface area contributed by atoms with E-state index in [1.165, 1.54) is 13.8 Å². The summed E-state index contributed by atoms with van der Waals surface area (Å²) in [6.45, 7) is 13.0. The Hall–Kier alpha value is -2.25. The van der Waals surface area contributed by atoms with Crippen molar-refractivity contribution in [2.45, 2.75) is 70.0 Å². The number of nitrogens with zero attached hydrogens (tertiary/aromatic N) is 4. The second-order valence-electron chi connectivity index (χ2n) is 8.36. The first-order valence-electron chi connectivity index (χ1n) is 12.0. The van der Waals surface area contributed by atoms with Gasteiger partial charge in [-0.15, -0.1) is 5.11 Å². The van der Waals surface area contributed by atoms with Gasteiger partial charge in [0.15, 0.2) is 5.54 Å². The summed E-state index contributed by atoms with van der Waals surface area (Å²) in [6.07, 6.45) is 2.82. The molecule has 0 N–H and O–H groups in total. The van der Waals surface area contributed by atoms with Crippen molar-refractivity contribution in [1.82, 2.24) is 0 Å². The highest BCUT2D eigenvalue weighted by Gasteiger charge is 2.33. The van der Waals surface area contributed by atoms with Gasteiger partial charge in [0.05, 0.1) is 58.6 Å². The average Bonchev–Trinajstić information content (AvgIpc) is 2.88. The maximum Gasteiger partial charge on any atom is 0.338 e. The van der Waals surface area contributed by atoms with Crippen LogP contribution in [0.15, 0.2) is 10.2 Å². The minimum atomic E-state index is -1.31. The van der Waals surface area contributed by atoms with Gasteiger partial charge < -0.3 is 23.7 Å². The Morgan fingerprint density at radius 3 is 2.06 bits per heavy atom. The van der Waals surface area contributed by atoms with Crippen LogP contribution in [0, 0.1) is 17.9 Å². The number of carbonyl (C=O) groups excluding carboxylic acids is 2. The van der Waals surface area contributed by atoms with Gasteiger partial charge >= 0.3 is 17.6 Å². The third-order valence-corrected chi connectivity index (χ3v) is 5.26. The van der Waals surface area contributed by atoms with Crippen LogP contribution in [0.3, 0.4) is 0 Å². The lowest BCUT2D eigenvalue weighted by molar-refractivity contribution is -0.146. The Balaban J connectivity index is 4.37. The third-order valence-electron chi connectivity index (χ3n) is 4.95. The van der Waals surface area contributed by atoms with Crippen molar-refractivity contribution in [3.63, 3.8) is 0 Å². The number of hydrogen-bond donors (Lipinski definition) is 1. The predicted octanol–water partition coefficient (Wildman–Crippen LogP) is 3.78. The molecular weight excluding hydrogens is 488 g/mol. The van der Waals surface area contributed by atoms with Crippen LogP contribution >= 0.6 is 12.6 Å². The van der Waals surface area contributed by atoms with Gasteiger partial charge in [0.2, 0.25) is 0 Å². The predicted molar refractivity (Wildman–Crippen MR) is 135 cm³/mol. The number of unbranched alkanes of at least 4 members (excludes halogenated alkanes) is 2. The molecule has 2 unspecified atom stereocenters. The lowest BCUT2D eigenvalue weighted by Gasteiger charge is -2.17. The van der Waals surface area contributed by atoms with Crippen LogP contribution in [0.4, 0.5) is 0 Å². The monoisotopic (exact) mass is 528 g/mol. The Bertz CT molecular complexity index is 741. The van der Waals surface area contributed by atoms with E-state index in [2.05, 4.69) is 27.7 Å². The van der Waals surface area contributed by atoms with Gasteiger partial charge in [0.1, 0.15) is 6.61 Å². The van der Waals surface area contributed by atoms with Gasteiger partial charge in [-0.05, 0) is 38.4 Å². The fourth-order valence-corrected chi connectivity index (χ4v) is 2.78. The summed E-state index contributed by atoms with van der Waals surface area (Å²) in [5, 5.41) is 17.6. The molecule has 0 heterocycles. The largest absolute Gasteiger partial charge is 0.466 e. The lowest BCUT2D eigenvalue weighted by Crippen LogP contribution is -2.25. The molecule has 0 saturated carbocycles. The Morgan fingerprint density at radius 2 is 1.47 bits per heavy atom. The molecule has 0 radical (unpaired) electrons. The van der Waals surface area contributed by atoms with Crippen LogP contribution in [0.25, 0.3) is 4.85 Å². The summed E-state index contributed by atoms with van der Waals surface area (Å²) in [5.41, 5.74) is -2.62. The summed E-state index contributed by atoms with van der Waals surface area (Å²) in [6, 6.07) is 2.03. The first kappa shape index (κ1) is 33.8. The number of hydrogen-bond acceptors (Lipinski definition) is 11. The van der Waals surface area contributed by atoms with Crippen molar-refractivity contribution in [1.29, 1.82) is 5.26 Å². The van der Waals surface area contributed by atoms with Crippen molar-refractivity contribution < 1.29 is 33.3 Å². The van der Waals surface area contributed by atoms with E-state index < -0.39 is 23.1 Å². The molecule has 0 saturated heterocycles. The molecule has 0 aromatic carbocycles. The van der Waals surface area contributed by atoms with E-state index in [0.29, 0.717) is 33.0 Å². The van der Waals surface area contributed by atoms with Crippen molar-refractivity contribution >= 4 is 24.6 Å². The number of esters is 2. The molecule has 0 bridgehead atoms. The second kappa shape index (κ2) is 20.9. The molecule has 0 aromatic rings. The summed E-state index contributed by atoms with van der Waals surface area (Å²) in [7, 11) is 1.59. The average molecular weight is 529 g/mol. The highest BCUT2D eigenvalue weighted by molar-refractivity contribution is 7.80. The van der Waals surface area contributed by atoms with Gasteiger partial charge in [0.25, 0.3) is 0 Å². The third kappa shape index (κ3) is 18.1. The fraction of sp³-hybridized carbons (Fsp3) is 0.833. The molecule has 2 atom stereocenters. The van der Waals surface area contributed by atoms with Gasteiger partial charge in [0, 0.05) is 20.5 Å². The molecule has 0 aromatic heterocycles. The van der Waals surface area contributed by atoms with Gasteiger partial charge in [-0.2, -0.15) is 23.0 Å². The minimum Gasteiger partial charge on any atom is -0.466 e. The normalized spacial score (nSPS) is 14.4. The molecule has 12 heteroatoms. The number of azo groups is 1. The van der Waals surface area contributed by atoms with Crippen LogP contribution in [0.2, 0.25) is 0 Å². The number of nitriles is 1. The van der Waals surface area contributed by atoms with Crippen molar-refractivity contribution in [3.05, 3.63) is 11.4 Å². The second-order valence-corrected chi connectivity index (χ2v) is 8.80. The van der Waals surface area contributed by atoms with Crippen molar-refractivity contribution in [2.24, 2.45) is 10.2 Å². The molecule has 36 heavy (non-hydrogen) atoms. The number of thiol groups is 1. The number of carbonyl (C=O) groups is 2. The quantitative estimate of drug-likeness (QED) is 0.0738. The summed E-state index contributed by atoms with van der Waals surface area (Å²) in [4.78, 5) is 27.4. The smallest absolute Gasteiger partial charge is 0.338 e. The SMILES string of the molecule is [C-]#[N+]C(C)(CCC(=O)OCCCCCS)N=NC(C)(C#N)CCC(=O)OCCOCCOCCOC. The zero-order valence-corrected chi connectivity index (χ0v) is 22.6. The molecule has 0 aliphatic rings. The minimum absolute atomic E-state index is 0.0153. The number of methoxy groups -OCH3 is 1. The number of rotatable bonds is 22. The number of ether oxygens (including phenoxy) is 5. The molecule has 0 amide bonds. The first-order valence-corrected chi connectivity index (χ1v) is 12.7. The van der Waals surface area contributed by atoms with E-state index in [-0.39, 0.29) is 38.9 Å². The van der Waals surface area contributed by atoms with Crippen LogP contribution < -0.4 is 0 Å². The van der Waals surface area contributed by atoms with Gasteiger partial charge in [-0.1, -0.05) is 0 Å².